The fraction of sp³-hybridized carbons (Fsp3) is 0.182. The van der Waals surface area contributed by atoms with Crippen LogP contribution in [-0.2, 0) is 11.3 Å². The molecule has 0 aliphatic heterocycles. The summed E-state index contributed by atoms with van der Waals surface area (Å²) in [5.74, 6) is -0.0756. The van der Waals surface area contributed by atoms with Gasteiger partial charge in [-0.2, -0.15) is 0 Å². The van der Waals surface area contributed by atoms with E-state index in [1.165, 1.54) is 18.3 Å². The Labute approximate surface area is 103 Å². The van der Waals surface area contributed by atoms with Crippen molar-refractivity contribution in [3.05, 3.63) is 35.3 Å². The molecule has 5 nitrogen and oxygen atoms in total. The Morgan fingerprint density at radius 1 is 1.41 bits per heavy atom. The van der Waals surface area contributed by atoms with Gasteiger partial charge in [-0.25, -0.2) is 0 Å². The third-order valence-corrected chi connectivity index (χ3v) is 2.77. The van der Waals surface area contributed by atoms with Gasteiger partial charge in [-0.3, -0.25) is 4.79 Å². The largest absolute Gasteiger partial charge is 0.356 e. The number of anilines is 2. The molecule has 0 saturated carbocycles. The Hall–Kier alpha value is -1.95. The van der Waals surface area contributed by atoms with Gasteiger partial charge in [-0.15, -0.1) is 10.2 Å². The van der Waals surface area contributed by atoms with Crippen molar-refractivity contribution in [1.29, 1.82) is 0 Å². The maximum Gasteiger partial charge on any atom is 0.221 e. The Balaban J connectivity index is 2.06. The number of benzene rings is 1. The fourth-order valence-electron chi connectivity index (χ4n) is 1.41. The summed E-state index contributed by atoms with van der Waals surface area (Å²) in [6.45, 7) is 2.10. The number of carbonyl (C=O) groups is 1. The molecule has 0 spiro atoms. The Morgan fingerprint density at radius 3 is 2.94 bits per heavy atom. The van der Waals surface area contributed by atoms with E-state index in [-0.39, 0.29) is 5.91 Å². The van der Waals surface area contributed by atoms with Crippen LogP contribution in [0.5, 0.6) is 0 Å². The lowest BCUT2D eigenvalue weighted by molar-refractivity contribution is -0.114. The van der Waals surface area contributed by atoms with Crippen LogP contribution in [0.4, 0.5) is 10.8 Å². The summed E-state index contributed by atoms with van der Waals surface area (Å²) in [7, 11) is 0. The van der Waals surface area contributed by atoms with E-state index in [9.17, 15) is 4.79 Å². The average molecular weight is 248 g/mol. The Morgan fingerprint density at radius 2 is 2.24 bits per heavy atom. The van der Waals surface area contributed by atoms with Crippen LogP contribution in [0, 0.1) is 0 Å². The summed E-state index contributed by atoms with van der Waals surface area (Å²) in [5.41, 5.74) is 3.50. The van der Waals surface area contributed by atoms with Crippen molar-refractivity contribution in [3.8, 4) is 0 Å². The summed E-state index contributed by atoms with van der Waals surface area (Å²) in [6.07, 6.45) is 0. The first-order valence-corrected chi connectivity index (χ1v) is 5.99. The van der Waals surface area contributed by atoms with Crippen LogP contribution in [0.15, 0.2) is 29.8 Å². The highest BCUT2D eigenvalue weighted by Gasteiger charge is 2.03. The van der Waals surface area contributed by atoms with E-state index in [0.29, 0.717) is 6.54 Å². The number of hydrogen-bond donors (Lipinski definition) is 2. The van der Waals surface area contributed by atoms with E-state index in [4.69, 9.17) is 0 Å². The van der Waals surface area contributed by atoms with E-state index in [1.807, 2.05) is 24.3 Å². The predicted molar refractivity (Wildman–Crippen MR) is 68.0 cm³/mol. The van der Waals surface area contributed by atoms with Gasteiger partial charge in [0.05, 0.1) is 0 Å². The van der Waals surface area contributed by atoms with Gasteiger partial charge in [0.25, 0.3) is 0 Å². The number of nitrogens with zero attached hydrogens (tertiary/aromatic N) is 2. The molecule has 0 aliphatic carbocycles. The number of rotatable bonds is 4. The second-order valence-corrected chi connectivity index (χ2v) is 4.27. The number of aromatic nitrogens is 2. The first kappa shape index (κ1) is 11.5. The number of hydrogen-bond acceptors (Lipinski definition) is 5. The highest BCUT2D eigenvalue weighted by atomic mass is 32.1. The van der Waals surface area contributed by atoms with Crippen LogP contribution in [-0.4, -0.2) is 16.1 Å². The molecule has 2 N–H and O–H groups in total. The van der Waals surface area contributed by atoms with Crippen LogP contribution in [0.1, 0.15) is 12.5 Å². The molecule has 0 radical (unpaired) electrons. The molecule has 17 heavy (non-hydrogen) atoms. The second-order valence-electron chi connectivity index (χ2n) is 3.44. The zero-order valence-corrected chi connectivity index (χ0v) is 10.1. The molecular formula is C11H12N4OS. The minimum Gasteiger partial charge on any atom is -0.356 e. The summed E-state index contributed by atoms with van der Waals surface area (Å²) >= 11 is 1.44. The SMILES string of the molecule is CC(=O)Nc1ccccc1CNc1nncs1. The molecule has 0 atom stereocenters. The van der Waals surface area contributed by atoms with Crippen molar-refractivity contribution >= 4 is 28.1 Å². The van der Waals surface area contributed by atoms with Crippen LogP contribution < -0.4 is 10.6 Å². The minimum absolute atomic E-state index is 0.0756. The van der Waals surface area contributed by atoms with Gasteiger partial charge in [0, 0.05) is 19.2 Å². The first-order valence-electron chi connectivity index (χ1n) is 5.11. The molecule has 6 heteroatoms. The second kappa shape index (κ2) is 5.40. The molecule has 1 aromatic carbocycles. The topological polar surface area (TPSA) is 66.9 Å². The lowest BCUT2D eigenvalue weighted by Gasteiger charge is -2.09. The van der Waals surface area contributed by atoms with E-state index in [2.05, 4.69) is 20.8 Å². The van der Waals surface area contributed by atoms with Crippen molar-refractivity contribution in [2.45, 2.75) is 13.5 Å². The maximum absolute atomic E-state index is 11.0. The monoisotopic (exact) mass is 248 g/mol. The van der Waals surface area contributed by atoms with Gasteiger partial charge in [-0.05, 0) is 11.6 Å². The van der Waals surface area contributed by atoms with Gasteiger partial charge >= 0.3 is 0 Å². The molecular weight excluding hydrogens is 236 g/mol. The average Bonchev–Trinajstić information content (AvgIpc) is 2.80. The third kappa shape index (κ3) is 3.25. The van der Waals surface area contributed by atoms with Crippen molar-refractivity contribution in [1.82, 2.24) is 10.2 Å². The zero-order valence-electron chi connectivity index (χ0n) is 9.30. The van der Waals surface area contributed by atoms with Gasteiger partial charge in [0.15, 0.2) is 0 Å². The summed E-state index contributed by atoms with van der Waals surface area (Å²) in [6, 6.07) is 7.65. The minimum atomic E-state index is -0.0756. The molecule has 0 aliphatic rings. The number of nitrogens with one attached hydrogen (secondary N) is 2. The molecule has 0 saturated heterocycles. The predicted octanol–water partition coefficient (Wildman–Crippen LogP) is 2.11. The van der Waals surface area contributed by atoms with Crippen LogP contribution >= 0.6 is 11.3 Å². The highest BCUT2D eigenvalue weighted by molar-refractivity contribution is 7.13. The van der Waals surface area contributed by atoms with Crippen LogP contribution in [0.3, 0.4) is 0 Å². The Kier molecular flexibility index (Phi) is 3.66. The van der Waals surface area contributed by atoms with Crippen molar-refractivity contribution < 1.29 is 4.79 Å². The molecule has 0 bridgehead atoms. The third-order valence-electron chi connectivity index (χ3n) is 2.12. The van der Waals surface area contributed by atoms with E-state index < -0.39 is 0 Å². The molecule has 0 unspecified atom stereocenters. The summed E-state index contributed by atoms with van der Waals surface area (Å²) < 4.78 is 0. The van der Waals surface area contributed by atoms with Gasteiger partial charge in [-0.1, -0.05) is 29.5 Å². The highest BCUT2D eigenvalue weighted by Crippen LogP contribution is 2.17. The van der Waals surface area contributed by atoms with Crippen LogP contribution in [0.2, 0.25) is 0 Å². The lowest BCUT2D eigenvalue weighted by atomic mass is 10.2. The van der Waals surface area contributed by atoms with Crippen LogP contribution in [0.25, 0.3) is 0 Å². The molecule has 1 heterocycles. The van der Waals surface area contributed by atoms with Crippen molar-refractivity contribution in [2.75, 3.05) is 10.6 Å². The number of para-hydroxylation sites is 1. The Bertz CT molecular complexity index is 498. The molecule has 0 fully saturated rings. The quantitative estimate of drug-likeness (QED) is 0.869. The number of carbonyl (C=O) groups excluding carboxylic acids is 1. The standard InChI is InChI=1S/C11H12N4OS/c1-8(16)14-10-5-3-2-4-9(10)6-12-11-15-13-7-17-11/h2-5,7H,6H2,1H3,(H,12,15)(H,14,16). The van der Waals surface area contributed by atoms with Crippen molar-refractivity contribution in [2.24, 2.45) is 0 Å². The zero-order chi connectivity index (χ0) is 12.1. The van der Waals surface area contributed by atoms with Gasteiger partial charge in [0.1, 0.15) is 5.51 Å². The molecule has 88 valence electrons. The lowest BCUT2D eigenvalue weighted by Crippen LogP contribution is -2.10. The molecule has 1 aromatic heterocycles. The number of amides is 1. The fourth-order valence-corrected chi connectivity index (χ4v) is 1.85. The smallest absolute Gasteiger partial charge is 0.221 e. The first-order chi connectivity index (χ1) is 8.25. The molecule has 1 amide bonds. The van der Waals surface area contributed by atoms with E-state index >= 15 is 0 Å². The molecule has 2 aromatic rings. The summed E-state index contributed by atoms with van der Waals surface area (Å²) in [4.78, 5) is 11.0. The van der Waals surface area contributed by atoms with E-state index in [1.54, 1.807) is 5.51 Å². The van der Waals surface area contributed by atoms with Gasteiger partial charge < -0.3 is 10.6 Å². The maximum atomic E-state index is 11.0. The summed E-state index contributed by atoms with van der Waals surface area (Å²) in [5, 5.41) is 14.3. The van der Waals surface area contributed by atoms with Gasteiger partial charge in [0.2, 0.25) is 11.0 Å². The van der Waals surface area contributed by atoms with Crippen molar-refractivity contribution in [3.63, 3.8) is 0 Å². The van der Waals surface area contributed by atoms with E-state index in [0.717, 1.165) is 16.4 Å². The normalized spacial score (nSPS) is 9.94. The molecule has 2 rings (SSSR count).